The van der Waals surface area contributed by atoms with Crippen molar-refractivity contribution in [1.29, 1.82) is 0 Å². The van der Waals surface area contributed by atoms with E-state index in [9.17, 15) is 13.2 Å². The van der Waals surface area contributed by atoms with E-state index in [2.05, 4.69) is 27.8 Å². The second-order valence-corrected chi connectivity index (χ2v) is 12.7. The standard InChI is InChI=1S/C22H43N7O3S/c1-15-7-8-17(12-19(15)33(31,32)29-10-3-2-4-11-29)26-21-18(20(24)30)13-25-22(27-21)28-9-5-6-16(23)14-28/h15-19,21-22,25-27H,2-14,23H2,1H3,(H2,24,30)/t15?,16-,17?,18?,19?,21?,22?/m0/s1. The van der Waals surface area contributed by atoms with Gasteiger partial charge in [-0.1, -0.05) is 13.3 Å². The van der Waals surface area contributed by atoms with Crippen molar-refractivity contribution in [2.24, 2.45) is 23.3 Å². The van der Waals surface area contributed by atoms with Gasteiger partial charge >= 0.3 is 0 Å². The number of hydrogen-bond donors (Lipinski definition) is 5. The van der Waals surface area contributed by atoms with Crippen molar-refractivity contribution in [3.05, 3.63) is 0 Å². The number of amides is 1. The van der Waals surface area contributed by atoms with Crippen LogP contribution in [0.25, 0.3) is 0 Å². The molecular weight excluding hydrogens is 442 g/mol. The zero-order chi connectivity index (χ0) is 23.6. The molecule has 1 amide bonds. The monoisotopic (exact) mass is 485 g/mol. The Hall–Kier alpha value is -0.820. The highest BCUT2D eigenvalue weighted by atomic mass is 32.2. The molecule has 10 nitrogen and oxygen atoms in total. The minimum Gasteiger partial charge on any atom is -0.369 e. The van der Waals surface area contributed by atoms with E-state index in [4.69, 9.17) is 11.5 Å². The summed E-state index contributed by atoms with van der Waals surface area (Å²) in [6, 6.07) is 0.177. The molecule has 7 N–H and O–H groups in total. The Morgan fingerprint density at radius 1 is 1.06 bits per heavy atom. The number of piperidine rings is 2. The fraction of sp³-hybridized carbons (Fsp3) is 0.955. The number of primary amides is 1. The van der Waals surface area contributed by atoms with Gasteiger partial charge in [0.15, 0.2) is 0 Å². The summed E-state index contributed by atoms with van der Waals surface area (Å²) in [6.45, 7) is 5.58. The number of carbonyl (C=O) groups is 1. The molecule has 0 aromatic carbocycles. The fourth-order valence-corrected chi connectivity index (χ4v) is 8.40. The molecule has 0 bridgehead atoms. The molecule has 1 saturated carbocycles. The Bertz CT molecular complexity index is 776. The zero-order valence-corrected chi connectivity index (χ0v) is 20.7. The Labute approximate surface area is 198 Å². The van der Waals surface area contributed by atoms with Crippen LogP contribution in [-0.4, -0.2) is 86.0 Å². The maximum Gasteiger partial charge on any atom is 0.224 e. The molecule has 0 spiro atoms. The molecule has 3 aliphatic heterocycles. The molecule has 4 aliphatic rings. The van der Waals surface area contributed by atoms with Gasteiger partial charge in [-0.25, -0.2) is 12.7 Å². The largest absolute Gasteiger partial charge is 0.369 e. The number of hydrogen-bond acceptors (Lipinski definition) is 8. The van der Waals surface area contributed by atoms with Crippen LogP contribution in [-0.2, 0) is 14.8 Å². The molecule has 6 unspecified atom stereocenters. The van der Waals surface area contributed by atoms with E-state index in [-0.39, 0.29) is 41.6 Å². The van der Waals surface area contributed by atoms with Crippen LogP contribution in [0.3, 0.4) is 0 Å². The molecule has 4 rings (SSSR count). The third-order valence-corrected chi connectivity index (χ3v) is 10.6. The summed E-state index contributed by atoms with van der Waals surface area (Å²) in [7, 11) is -3.33. The fourth-order valence-electron chi connectivity index (χ4n) is 6.05. The number of nitrogens with two attached hydrogens (primary N) is 2. The van der Waals surface area contributed by atoms with E-state index in [0.29, 0.717) is 26.1 Å². The summed E-state index contributed by atoms with van der Waals surface area (Å²) in [5, 5.41) is 10.2. The molecule has 4 fully saturated rings. The summed E-state index contributed by atoms with van der Waals surface area (Å²) >= 11 is 0. The Morgan fingerprint density at radius 2 is 1.82 bits per heavy atom. The predicted molar refractivity (Wildman–Crippen MR) is 128 cm³/mol. The molecule has 0 radical (unpaired) electrons. The molecule has 190 valence electrons. The van der Waals surface area contributed by atoms with E-state index in [1.54, 1.807) is 4.31 Å². The van der Waals surface area contributed by atoms with Crippen LogP contribution in [0.15, 0.2) is 0 Å². The second kappa shape index (κ2) is 10.8. The predicted octanol–water partition coefficient (Wildman–Crippen LogP) is -0.724. The van der Waals surface area contributed by atoms with E-state index in [0.717, 1.165) is 58.0 Å². The minimum atomic E-state index is -3.33. The molecule has 0 aromatic heterocycles. The number of carbonyl (C=O) groups excluding carboxylic acids is 1. The van der Waals surface area contributed by atoms with Gasteiger partial charge in [-0.15, -0.1) is 0 Å². The maximum absolute atomic E-state index is 13.4. The molecule has 3 saturated heterocycles. The zero-order valence-electron chi connectivity index (χ0n) is 19.9. The summed E-state index contributed by atoms with van der Waals surface area (Å²) in [5.41, 5.74) is 11.9. The molecule has 7 atom stereocenters. The lowest BCUT2D eigenvalue weighted by atomic mass is 9.86. The van der Waals surface area contributed by atoms with Crippen molar-refractivity contribution in [3.8, 4) is 0 Å². The van der Waals surface area contributed by atoms with Crippen LogP contribution in [0.5, 0.6) is 0 Å². The highest BCUT2D eigenvalue weighted by molar-refractivity contribution is 7.89. The molecule has 33 heavy (non-hydrogen) atoms. The van der Waals surface area contributed by atoms with E-state index in [1.807, 2.05) is 0 Å². The van der Waals surface area contributed by atoms with Gasteiger partial charge in [0, 0.05) is 44.8 Å². The topological polar surface area (TPSA) is 146 Å². The Morgan fingerprint density at radius 3 is 2.52 bits per heavy atom. The first-order valence-corrected chi connectivity index (χ1v) is 14.3. The number of nitrogens with zero attached hydrogens (tertiary/aromatic N) is 2. The first-order valence-electron chi connectivity index (χ1n) is 12.8. The first-order chi connectivity index (χ1) is 15.8. The SMILES string of the molecule is CC1CCC(NC2NC(N3CCC[C@H](N)C3)NCC2C(N)=O)CC1S(=O)(=O)N1CCCCC1. The van der Waals surface area contributed by atoms with Gasteiger partial charge in [-0.3, -0.25) is 25.6 Å². The lowest BCUT2D eigenvalue weighted by Gasteiger charge is -2.46. The van der Waals surface area contributed by atoms with Crippen LogP contribution < -0.4 is 27.4 Å². The highest BCUT2D eigenvalue weighted by Gasteiger charge is 2.43. The van der Waals surface area contributed by atoms with Gasteiger partial charge < -0.3 is 11.5 Å². The molecular formula is C22H43N7O3S. The summed E-state index contributed by atoms with van der Waals surface area (Å²) in [4.78, 5) is 14.5. The van der Waals surface area contributed by atoms with Crippen LogP contribution in [0.2, 0.25) is 0 Å². The summed E-state index contributed by atoms with van der Waals surface area (Å²) in [5.74, 6) is -0.635. The van der Waals surface area contributed by atoms with Gasteiger partial charge in [0.05, 0.1) is 17.3 Å². The number of nitrogens with one attached hydrogen (secondary N) is 3. The number of likely N-dealkylation sites (tertiary alicyclic amines) is 1. The van der Waals surface area contributed by atoms with Crippen molar-refractivity contribution < 1.29 is 13.2 Å². The van der Waals surface area contributed by atoms with Gasteiger partial charge in [0.2, 0.25) is 15.9 Å². The average Bonchev–Trinajstić information content (AvgIpc) is 2.80. The number of sulfonamides is 1. The van der Waals surface area contributed by atoms with Crippen molar-refractivity contribution in [1.82, 2.24) is 25.2 Å². The molecule has 1 aliphatic carbocycles. The van der Waals surface area contributed by atoms with Crippen molar-refractivity contribution >= 4 is 15.9 Å². The minimum absolute atomic E-state index is 0.0208. The van der Waals surface area contributed by atoms with E-state index >= 15 is 0 Å². The van der Waals surface area contributed by atoms with Crippen molar-refractivity contribution in [3.63, 3.8) is 0 Å². The van der Waals surface area contributed by atoms with Gasteiger partial charge in [0.25, 0.3) is 0 Å². The normalized spacial score (nSPS) is 39.9. The van der Waals surface area contributed by atoms with Crippen LogP contribution in [0.1, 0.15) is 58.3 Å². The summed E-state index contributed by atoms with van der Waals surface area (Å²) < 4.78 is 28.6. The first kappa shape index (κ1) is 25.3. The third kappa shape index (κ3) is 5.88. The average molecular weight is 486 g/mol. The van der Waals surface area contributed by atoms with Crippen LogP contribution in [0.4, 0.5) is 0 Å². The second-order valence-electron chi connectivity index (χ2n) is 10.6. The van der Waals surface area contributed by atoms with E-state index in [1.165, 1.54) is 0 Å². The van der Waals surface area contributed by atoms with Crippen molar-refractivity contribution in [2.75, 3.05) is 32.7 Å². The molecule has 0 aromatic rings. The summed E-state index contributed by atoms with van der Waals surface area (Å²) in [6.07, 6.45) is 7.01. The van der Waals surface area contributed by atoms with Gasteiger partial charge in [-0.05, 0) is 50.9 Å². The quantitative estimate of drug-likeness (QED) is 0.331. The van der Waals surface area contributed by atoms with Gasteiger partial charge in [-0.2, -0.15) is 0 Å². The lowest BCUT2D eigenvalue weighted by Crippen LogP contribution is -2.72. The Balaban J connectivity index is 1.43. The maximum atomic E-state index is 13.4. The van der Waals surface area contributed by atoms with Gasteiger partial charge in [0.1, 0.15) is 6.29 Å². The van der Waals surface area contributed by atoms with Crippen molar-refractivity contribution in [2.45, 2.75) is 88.1 Å². The highest BCUT2D eigenvalue weighted by Crippen LogP contribution is 2.33. The van der Waals surface area contributed by atoms with Crippen LogP contribution >= 0.6 is 0 Å². The molecule has 3 heterocycles. The lowest BCUT2D eigenvalue weighted by molar-refractivity contribution is -0.124. The third-order valence-electron chi connectivity index (χ3n) is 8.09. The van der Waals surface area contributed by atoms with Crippen LogP contribution in [0, 0.1) is 11.8 Å². The number of rotatable bonds is 6. The smallest absolute Gasteiger partial charge is 0.224 e. The van der Waals surface area contributed by atoms with E-state index < -0.39 is 15.9 Å². The Kier molecular flexibility index (Phi) is 8.31. The molecule has 11 heteroatoms.